The maximum atomic E-state index is 12.4. The number of aryl methyl sites for hydroxylation is 1. The minimum atomic E-state index is -0.341. The van der Waals surface area contributed by atoms with Crippen molar-refractivity contribution in [2.24, 2.45) is 7.05 Å². The second-order valence-corrected chi connectivity index (χ2v) is 6.44. The van der Waals surface area contributed by atoms with Gasteiger partial charge in [0.2, 0.25) is 5.91 Å². The summed E-state index contributed by atoms with van der Waals surface area (Å²) in [4.78, 5) is 17.8. The highest BCUT2D eigenvalue weighted by Gasteiger charge is 2.19. The zero-order valence-electron chi connectivity index (χ0n) is 14.0. The number of imidazole rings is 1. The molecule has 128 valence electrons. The SMILES string of the molecule is COc1ccc(C(NC(=O)/C=C/c2cccs2)c2nccn2C)cc1. The monoisotopic (exact) mass is 353 g/mol. The largest absolute Gasteiger partial charge is 0.497 e. The minimum absolute atomic E-state index is 0.169. The first-order valence-electron chi connectivity index (χ1n) is 7.80. The first kappa shape index (κ1) is 17.0. The third-order valence-corrected chi connectivity index (χ3v) is 4.63. The van der Waals surface area contributed by atoms with Crippen molar-refractivity contribution >= 4 is 23.3 Å². The van der Waals surface area contributed by atoms with E-state index in [2.05, 4.69) is 10.3 Å². The van der Waals surface area contributed by atoms with Gasteiger partial charge in [-0.1, -0.05) is 18.2 Å². The Labute approximate surface area is 150 Å². The second kappa shape index (κ2) is 7.81. The van der Waals surface area contributed by atoms with E-state index in [-0.39, 0.29) is 11.9 Å². The van der Waals surface area contributed by atoms with E-state index in [9.17, 15) is 4.79 Å². The number of aromatic nitrogens is 2. The van der Waals surface area contributed by atoms with Crippen molar-refractivity contribution in [1.29, 1.82) is 0 Å². The lowest BCUT2D eigenvalue weighted by atomic mass is 10.1. The molecule has 2 heterocycles. The number of thiophene rings is 1. The highest BCUT2D eigenvalue weighted by molar-refractivity contribution is 7.10. The summed E-state index contributed by atoms with van der Waals surface area (Å²) in [5.74, 6) is 1.37. The number of nitrogens with one attached hydrogen (secondary N) is 1. The Hall–Kier alpha value is -2.86. The lowest BCUT2D eigenvalue weighted by Crippen LogP contribution is -2.29. The van der Waals surface area contributed by atoms with Crippen LogP contribution in [0, 0.1) is 0 Å². The van der Waals surface area contributed by atoms with Gasteiger partial charge in [0, 0.05) is 30.4 Å². The van der Waals surface area contributed by atoms with E-state index < -0.39 is 0 Å². The molecule has 6 heteroatoms. The molecule has 1 amide bonds. The summed E-state index contributed by atoms with van der Waals surface area (Å²) in [7, 11) is 3.54. The molecule has 3 rings (SSSR count). The standard InChI is InChI=1S/C19H19N3O2S/c1-22-12-11-20-19(22)18(14-5-7-15(24-2)8-6-14)21-17(23)10-9-16-4-3-13-25-16/h3-13,18H,1-2H3,(H,21,23)/b10-9+. The molecular formula is C19H19N3O2S. The molecule has 0 radical (unpaired) electrons. The number of carbonyl (C=O) groups excluding carboxylic acids is 1. The zero-order chi connectivity index (χ0) is 17.6. The van der Waals surface area contributed by atoms with Crippen molar-refractivity contribution < 1.29 is 9.53 Å². The van der Waals surface area contributed by atoms with Crippen LogP contribution in [-0.4, -0.2) is 22.6 Å². The average Bonchev–Trinajstić information content (AvgIpc) is 3.30. The predicted octanol–water partition coefficient (Wildman–Crippen LogP) is 3.41. The molecule has 0 fully saturated rings. The number of nitrogens with zero attached hydrogens (tertiary/aromatic N) is 2. The molecule has 0 aliphatic rings. The molecule has 1 unspecified atom stereocenters. The Morgan fingerprint density at radius 3 is 2.72 bits per heavy atom. The van der Waals surface area contributed by atoms with Gasteiger partial charge in [0.25, 0.3) is 0 Å². The number of ether oxygens (including phenoxy) is 1. The Morgan fingerprint density at radius 1 is 1.32 bits per heavy atom. The fourth-order valence-corrected chi connectivity index (χ4v) is 3.10. The van der Waals surface area contributed by atoms with Gasteiger partial charge in [-0.05, 0) is 35.2 Å². The molecule has 1 aromatic carbocycles. The van der Waals surface area contributed by atoms with Crippen LogP contribution in [0.3, 0.4) is 0 Å². The molecule has 25 heavy (non-hydrogen) atoms. The van der Waals surface area contributed by atoms with Crippen LogP contribution in [0.2, 0.25) is 0 Å². The van der Waals surface area contributed by atoms with Crippen LogP contribution in [0.15, 0.2) is 60.2 Å². The highest BCUT2D eigenvalue weighted by atomic mass is 32.1. The molecule has 0 aliphatic carbocycles. The van der Waals surface area contributed by atoms with Crippen LogP contribution in [0.25, 0.3) is 6.08 Å². The predicted molar refractivity (Wildman–Crippen MR) is 99.5 cm³/mol. The Balaban J connectivity index is 1.83. The van der Waals surface area contributed by atoms with Crippen LogP contribution < -0.4 is 10.1 Å². The van der Waals surface area contributed by atoms with Gasteiger partial charge < -0.3 is 14.6 Å². The second-order valence-electron chi connectivity index (χ2n) is 5.46. The Morgan fingerprint density at radius 2 is 2.12 bits per heavy atom. The molecule has 0 saturated carbocycles. The van der Waals surface area contributed by atoms with E-state index in [4.69, 9.17) is 4.74 Å². The lowest BCUT2D eigenvalue weighted by Gasteiger charge is -2.18. The number of carbonyl (C=O) groups is 1. The van der Waals surface area contributed by atoms with Crippen LogP contribution in [0.1, 0.15) is 22.3 Å². The highest BCUT2D eigenvalue weighted by Crippen LogP contribution is 2.23. The first-order valence-corrected chi connectivity index (χ1v) is 8.68. The molecule has 0 spiro atoms. The summed E-state index contributed by atoms with van der Waals surface area (Å²) in [5, 5.41) is 5.01. The van der Waals surface area contributed by atoms with Gasteiger partial charge in [-0.15, -0.1) is 11.3 Å². The number of benzene rings is 1. The van der Waals surface area contributed by atoms with Gasteiger partial charge in [0.15, 0.2) is 0 Å². The summed E-state index contributed by atoms with van der Waals surface area (Å²) in [5.41, 5.74) is 0.938. The quantitative estimate of drug-likeness (QED) is 0.691. The molecule has 5 nitrogen and oxygen atoms in total. The van der Waals surface area contributed by atoms with E-state index >= 15 is 0 Å². The van der Waals surface area contributed by atoms with Gasteiger partial charge in [-0.2, -0.15) is 0 Å². The molecule has 1 atom stereocenters. The van der Waals surface area contributed by atoms with Gasteiger partial charge in [0.05, 0.1) is 7.11 Å². The zero-order valence-corrected chi connectivity index (χ0v) is 14.9. The van der Waals surface area contributed by atoms with Crippen molar-refractivity contribution in [2.45, 2.75) is 6.04 Å². The first-order chi connectivity index (χ1) is 12.2. The van der Waals surface area contributed by atoms with Crippen molar-refractivity contribution in [3.63, 3.8) is 0 Å². The fourth-order valence-electron chi connectivity index (χ4n) is 2.48. The summed E-state index contributed by atoms with van der Waals surface area (Å²) in [6.45, 7) is 0. The van der Waals surface area contributed by atoms with Gasteiger partial charge in [-0.25, -0.2) is 4.98 Å². The van der Waals surface area contributed by atoms with Crippen LogP contribution in [0.4, 0.5) is 0 Å². The maximum Gasteiger partial charge on any atom is 0.244 e. The fraction of sp³-hybridized carbons (Fsp3) is 0.158. The Kier molecular flexibility index (Phi) is 5.30. The lowest BCUT2D eigenvalue weighted by molar-refractivity contribution is -0.117. The molecule has 0 saturated heterocycles. The van der Waals surface area contributed by atoms with Gasteiger partial charge in [-0.3, -0.25) is 4.79 Å². The van der Waals surface area contributed by atoms with Crippen molar-refractivity contribution in [1.82, 2.24) is 14.9 Å². The van der Waals surface area contributed by atoms with E-state index in [1.807, 2.05) is 65.7 Å². The maximum absolute atomic E-state index is 12.4. The van der Waals surface area contributed by atoms with E-state index in [0.29, 0.717) is 0 Å². The van der Waals surface area contributed by atoms with E-state index in [1.54, 1.807) is 30.7 Å². The normalized spacial score (nSPS) is 12.2. The summed E-state index contributed by atoms with van der Waals surface area (Å²) < 4.78 is 7.11. The molecule has 1 N–H and O–H groups in total. The van der Waals surface area contributed by atoms with Crippen LogP contribution >= 0.6 is 11.3 Å². The number of rotatable bonds is 6. The number of amides is 1. The van der Waals surface area contributed by atoms with Crippen molar-refractivity contribution in [3.05, 3.63) is 76.5 Å². The minimum Gasteiger partial charge on any atom is -0.497 e. The molecule has 0 aliphatic heterocycles. The smallest absolute Gasteiger partial charge is 0.244 e. The average molecular weight is 353 g/mol. The van der Waals surface area contributed by atoms with Crippen LogP contribution in [0.5, 0.6) is 5.75 Å². The van der Waals surface area contributed by atoms with Crippen molar-refractivity contribution in [2.75, 3.05) is 7.11 Å². The molecule has 2 aromatic heterocycles. The summed E-state index contributed by atoms with van der Waals surface area (Å²) >= 11 is 1.59. The number of hydrogen-bond donors (Lipinski definition) is 1. The van der Waals surface area contributed by atoms with E-state index in [0.717, 1.165) is 22.0 Å². The Bertz CT molecular complexity index is 851. The summed E-state index contributed by atoms with van der Waals surface area (Å²) in [6, 6.07) is 11.2. The van der Waals surface area contributed by atoms with E-state index in [1.165, 1.54) is 0 Å². The van der Waals surface area contributed by atoms with Crippen LogP contribution in [-0.2, 0) is 11.8 Å². The molecule has 0 bridgehead atoms. The topological polar surface area (TPSA) is 56.1 Å². The van der Waals surface area contributed by atoms with Gasteiger partial charge in [0.1, 0.15) is 17.6 Å². The third kappa shape index (κ3) is 4.16. The van der Waals surface area contributed by atoms with Gasteiger partial charge >= 0.3 is 0 Å². The molecular weight excluding hydrogens is 334 g/mol. The number of hydrogen-bond acceptors (Lipinski definition) is 4. The third-order valence-electron chi connectivity index (χ3n) is 3.79. The van der Waals surface area contributed by atoms with Crippen molar-refractivity contribution in [3.8, 4) is 5.75 Å². The summed E-state index contributed by atoms with van der Waals surface area (Å²) in [6.07, 6.45) is 6.94. The molecule has 3 aromatic rings. The number of methoxy groups -OCH3 is 1.